The third kappa shape index (κ3) is 4.88. The van der Waals surface area contributed by atoms with E-state index in [4.69, 9.17) is 10.00 Å². The van der Waals surface area contributed by atoms with Gasteiger partial charge in [0.1, 0.15) is 17.1 Å². The highest BCUT2D eigenvalue weighted by Gasteiger charge is 2.20. The number of rotatable bonds is 7. The number of carbonyl (C=O) groups is 2. The highest BCUT2D eigenvalue weighted by molar-refractivity contribution is 7.14. The van der Waals surface area contributed by atoms with E-state index < -0.39 is 6.04 Å². The maximum Gasteiger partial charge on any atom is 0.253 e. The van der Waals surface area contributed by atoms with Crippen LogP contribution in [0.5, 0.6) is 0 Å². The summed E-state index contributed by atoms with van der Waals surface area (Å²) in [6.45, 7) is 2.91. The Morgan fingerprint density at radius 3 is 2.93 bits per heavy atom. The van der Waals surface area contributed by atoms with Crippen LogP contribution in [-0.2, 0) is 9.53 Å². The quantitative estimate of drug-likeness (QED) is 0.665. The van der Waals surface area contributed by atoms with Gasteiger partial charge in [-0.1, -0.05) is 12.1 Å². The summed E-state index contributed by atoms with van der Waals surface area (Å²) in [5.74, 6) is -0.496. The molecule has 1 fully saturated rings. The van der Waals surface area contributed by atoms with Gasteiger partial charge in [-0.05, 0) is 43.3 Å². The van der Waals surface area contributed by atoms with Gasteiger partial charge in [-0.2, -0.15) is 5.26 Å². The summed E-state index contributed by atoms with van der Waals surface area (Å²) < 4.78 is 5.53. The first-order chi connectivity index (χ1) is 13.6. The summed E-state index contributed by atoms with van der Waals surface area (Å²) in [7, 11) is 0. The molecular formula is C20H22N4O3S. The molecule has 0 unspecified atom stereocenters. The summed E-state index contributed by atoms with van der Waals surface area (Å²) in [4.78, 5) is 25.0. The Labute approximate surface area is 167 Å². The number of nitriles is 1. The number of thiophene rings is 1. The summed E-state index contributed by atoms with van der Waals surface area (Å²) in [6.07, 6.45) is 2.03. The molecule has 2 heterocycles. The maximum absolute atomic E-state index is 12.6. The van der Waals surface area contributed by atoms with Gasteiger partial charge >= 0.3 is 0 Å². The monoisotopic (exact) mass is 398 g/mol. The van der Waals surface area contributed by atoms with Crippen LogP contribution in [0.2, 0.25) is 0 Å². The molecule has 1 aliphatic rings. The van der Waals surface area contributed by atoms with Gasteiger partial charge in [-0.25, -0.2) is 0 Å². The van der Waals surface area contributed by atoms with Crippen LogP contribution in [0.25, 0.3) is 0 Å². The van der Waals surface area contributed by atoms with Crippen molar-refractivity contribution >= 4 is 33.8 Å². The van der Waals surface area contributed by atoms with Gasteiger partial charge in [0, 0.05) is 18.8 Å². The van der Waals surface area contributed by atoms with Crippen molar-refractivity contribution in [3.05, 3.63) is 46.8 Å². The van der Waals surface area contributed by atoms with Gasteiger partial charge in [0.15, 0.2) is 0 Å². The topological polar surface area (TPSA) is 103 Å². The number of nitrogens with one attached hydrogen (secondary N) is 3. The molecule has 0 bridgehead atoms. The average molecular weight is 398 g/mol. The molecule has 1 saturated heterocycles. The smallest absolute Gasteiger partial charge is 0.253 e. The van der Waals surface area contributed by atoms with Gasteiger partial charge in [-0.3, -0.25) is 9.59 Å². The minimum Gasteiger partial charge on any atom is -0.376 e. The molecule has 2 atom stereocenters. The molecule has 3 rings (SSSR count). The summed E-state index contributed by atoms with van der Waals surface area (Å²) in [5.41, 5.74) is 1.47. The summed E-state index contributed by atoms with van der Waals surface area (Å²) >= 11 is 1.29. The molecule has 0 saturated carbocycles. The Bertz CT molecular complexity index is 884. The third-order valence-corrected chi connectivity index (χ3v) is 5.30. The molecule has 146 valence electrons. The van der Waals surface area contributed by atoms with Crippen molar-refractivity contribution in [2.75, 3.05) is 23.8 Å². The lowest BCUT2D eigenvalue weighted by atomic mass is 10.1. The van der Waals surface area contributed by atoms with Crippen LogP contribution in [0.3, 0.4) is 0 Å². The Hall–Kier alpha value is -2.89. The van der Waals surface area contributed by atoms with Crippen LogP contribution in [0.1, 0.15) is 35.7 Å². The Balaban J connectivity index is 1.62. The molecule has 28 heavy (non-hydrogen) atoms. The third-order valence-electron chi connectivity index (χ3n) is 4.47. The van der Waals surface area contributed by atoms with E-state index in [2.05, 4.69) is 16.0 Å². The summed E-state index contributed by atoms with van der Waals surface area (Å²) in [6, 6.07) is 10.2. The van der Waals surface area contributed by atoms with E-state index in [0.717, 1.165) is 19.4 Å². The molecule has 0 aliphatic carbocycles. The van der Waals surface area contributed by atoms with Crippen LogP contribution in [0, 0.1) is 11.3 Å². The van der Waals surface area contributed by atoms with Crippen molar-refractivity contribution in [1.82, 2.24) is 5.32 Å². The Kier molecular flexibility index (Phi) is 6.63. The van der Waals surface area contributed by atoms with Gasteiger partial charge in [-0.15, -0.1) is 11.3 Å². The fourth-order valence-electron chi connectivity index (χ4n) is 2.93. The fraction of sp³-hybridized carbons (Fsp3) is 0.350. The first-order valence-corrected chi connectivity index (χ1v) is 10.00. The van der Waals surface area contributed by atoms with Crippen LogP contribution in [-0.4, -0.2) is 37.1 Å². The average Bonchev–Trinajstić information content (AvgIpc) is 3.38. The number of amides is 2. The summed E-state index contributed by atoms with van der Waals surface area (Å²) in [5, 5.41) is 20.1. The molecule has 8 heteroatoms. The first kappa shape index (κ1) is 19.9. The van der Waals surface area contributed by atoms with E-state index in [1.165, 1.54) is 11.3 Å². The first-order valence-electron chi connectivity index (χ1n) is 9.12. The Morgan fingerprint density at radius 2 is 2.18 bits per heavy atom. The molecule has 2 aromatic rings. The molecule has 0 radical (unpaired) electrons. The Morgan fingerprint density at radius 1 is 1.36 bits per heavy atom. The van der Waals surface area contributed by atoms with E-state index in [0.29, 0.717) is 28.4 Å². The molecular weight excluding hydrogens is 376 g/mol. The van der Waals surface area contributed by atoms with Crippen molar-refractivity contribution in [2.24, 2.45) is 0 Å². The predicted molar refractivity (Wildman–Crippen MR) is 108 cm³/mol. The number of ether oxygens (including phenoxy) is 1. The number of anilines is 2. The highest BCUT2D eigenvalue weighted by Crippen LogP contribution is 2.23. The molecule has 1 aromatic carbocycles. The predicted octanol–water partition coefficient (Wildman–Crippen LogP) is 2.97. The number of hydrogen-bond donors (Lipinski definition) is 3. The molecule has 1 aliphatic heterocycles. The lowest BCUT2D eigenvalue weighted by Gasteiger charge is -2.18. The number of carbonyl (C=O) groups excluding carboxylic acids is 2. The fourth-order valence-corrected chi connectivity index (χ4v) is 3.67. The van der Waals surface area contributed by atoms with Gasteiger partial charge < -0.3 is 20.7 Å². The number of para-hydroxylation sites is 1. The number of nitrogens with zero attached hydrogens (tertiary/aromatic N) is 1. The SMILES string of the molecule is C[C@H](Nc1ccccc1C(=O)NC[C@@H]1CCCO1)C(=O)Nc1sccc1C#N. The van der Waals surface area contributed by atoms with Gasteiger partial charge in [0.2, 0.25) is 5.91 Å². The van der Waals surface area contributed by atoms with E-state index in [1.54, 1.807) is 42.6 Å². The lowest BCUT2D eigenvalue weighted by molar-refractivity contribution is -0.116. The standard InChI is InChI=1S/C20H22N4O3S/c1-13(18(25)24-20-14(11-21)8-10-28-20)23-17-7-3-2-6-16(17)19(26)22-12-15-5-4-9-27-15/h2-3,6-8,10,13,15,23H,4-5,9,12H2,1H3,(H,22,26)(H,24,25)/t13-,15-/m0/s1. The minimum absolute atomic E-state index is 0.0638. The van der Waals surface area contributed by atoms with E-state index in [1.807, 2.05) is 6.07 Å². The zero-order valence-corrected chi connectivity index (χ0v) is 16.3. The van der Waals surface area contributed by atoms with E-state index >= 15 is 0 Å². The second-order valence-electron chi connectivity index (χ2n) is 6.52. The maximum atomic E-state index is 12.6. The van der Waals surface area contributed by atoms with Crippen LogP contribution >= 0.6 is 11.3 Å². The van der Waals surface area contributed by atoms with Crippen molar-refractivity contribution < 1.29 is 14.3 Å². The molecule has 0 spiro atoms. The highest BCUT2D eigenvalue weighted by atomic mass is 32.1. The van der Waals surface area contributed by atoms with Crippen LogP contribution < -0.4 is 16.0 Å². The zero-order valence-electron chi connectivity index (χ0n) is 15.5. The minimum atomic E-state index is -0.597. The second kappa shape index (κ2) is 9.35. The molecule has 7 nitrogen and oxygen atoms in total. The largest absolute Gasteiger partial charge is 0.376 e. The normalized spacial score (nSPS) is 16.8. The van der Waals surface area contributed by atoms with Crippen molar-refractivity contribution in [1.29, 1.82) is 5.26 Å². The second-order valence-corrected chi connectivity index (χ2v) is 7.44. The van der Waals surface area contributed by atoms with Crippen LogP contribution in [0.15, 0.2) is 35.7 Å². The van der Waals surface area contributed by atoms with Crippen molar-refractivity contribution in [3.63, 3.8) is 0 Å². The van der Waals surface area contributed by atoms with E-state index in [9.17, 15) is 9.59 Å². The van der Waals surface area contributed by atoms with Gasteiger partial charge in [0.05, 0.1) is 17.2 Å². The molecule has 2 amide bonds. The number of hydrogen-bond acceptors (Lipinski definition) is 6. The zero-order chi connectivity index (χ0) is 19.9. The number of benzene rings is 1. The van der Waals surface area contributed by atoms with Gasteiger partial charge in [0.25, 0.3) is 5.91 Å². The lowest BCUT2D eigenvalue weighted by Crippen LogP contribution is -2.34. The van der Waals surface area contributed by atoms with Crippen molar-refractivity contribution in [2.45, 2.75) is 31.9 Å². The molecule has 3 N–H and O–H groups in total. The van der Waals surface area contributed by atoms with E-state index in [-0.39, 0.29) is 17.9 Å². The molecule has 1 aromatic heterocycles. The van der Waals surface area contributed by atoms with Crippen LogP contribution in [0.4, 0.5) is 10.7 Å². The van der Waals surface area contributed by atoms with Crippen molar-refractivity contribution in [3.8, 4) is 6.07 Å².